The Morgan fingerprint density at radius 2 is 0.556 bits per heavy atom. The highest BCUT2D eigenvalue weighted by Crippen LogP contribution is 2.47. The minimum atomic E-state index is -0.116. The largest absolute Gasteiger partial charge is 0.393 e. The standard InChI is InChI=1S/C81H153N3O6/c1-5-9-13-17-27-33-49-68-65-70(51-41-44-58-75(87)67-72-53-42-45-59-76(72)82-79(88)62-39-31-25-21-19-23-29-37-56-73(85)54-35-15-11-7-3)71(66-69(68)50-34-28-18-14-10-6-2)52-43-48-64-81(90)84-78-61-47-46-60-77(78)83-80(89)63-40-32-26-22-20-24-30-38-57-74(86)55-36-16-12-8-4/h68-74,76-78,85-86H,5-67H2,1-4H3,(H,82,88)(H,83,89)(H,84,90)/t68?,69?,70?,71?,72-,73?,74?,76-,77+,78-/m0/s1. The number of amides is 3. The van der Waals surface area contributed by atoms with E-state index in [1.54, 1.807) is 0 Å². The molecule has 6 unspecified atom stereocenters. The third-order valence-electron chi connectivity index (χ3n) is 22.3. The topological polar surface area (TPSA) is 145 Å². The molecule has 9 nitrogen and oxygen atoms in total. The van der Waals surface area contributed by atoms with Crippen molar-refractivity contribution in [3.05, 3.63) is 0 Å². The fraction of sp³-hybridized carbons (Fsp3) is 0.951. The van der Waals surface area contributed by atoms with Gasteiger partial charge in [0.2, 0.25) is 17.7 Å². The third kappa shape index (κ3) is 43.1. The van der Waals surface area contributed by atoms with Crippen LogP contribution in [0.5, 0.6) is 0 Å². The predicted molar refractivity (Wildman–Crippen MR) is 384 cm³/mol. The first-order chi connectivity index (χ1) is 44.1. The van der Waals surface area contributed by atoms with Crippen molar-refractivity contribution in [2.45, 2.75) is 463 Å². The van der Waals surface area contributed by atoms with Gasteiger partial charge in [-0.3, -0.25) is 19.2 Å². The van der Waals surface area contributed by atoms with Gasteiger partial charge in [-0.05, 0) is 119 Å². The van der Waals surface area contributed by atoms with Crippen LogP contribution in [0.4, 0.5) is 0 Å². The van der Waals surface area contributed by atoms with Crippen molar-refractivity contribution in [2.24, 2.45) is 29.6 Å². The lowest BCUT2D eigenvalue weighted by molar-refractivity contribution is -0.125. The number of carbonyl (C=O) groups excluding carboxylic acids is 4. The Hall–Kier alpha value is -2.00. The van der Waals surface area contributed by atoms with E-state index in [-0.39, 0.29) is 54.0 Å². The number of ketones is 1. The second kappa shape index (κ2) is 57.3. The van der Waals surface area contributed by atoms with Crippen molar-refractivity contribution in [1.82, 2.24) is 16.0 Å². The average Bonchev–Trinajstić information content (AvgIpc) is 2.38. The first kappa shape index (κ1) is 82.2. The van der Waals surface area contributed by atoms with Gasteiger partial charge in [0.15, 0.2) is 0 Å². The quantitative estimate of drug-likeness (QED) is 0.0384. The number of carbonyl (C=O) groups is 4. The van der Waals surface area contributed by atoms with Crippen LogP contribution in [-0.2, 0) is 19.2 Å². The average molecular weight is 1270 g/mol. The van der Waals surface area contributed by atoms with Crippen LogP contribution in [0, 0.1) is 29.6 Å². The van der Waals surface area contributed by atoms with Gasteiger partial charge >= 0.3 is 0 Å². The lowest BCUT2D eigenvalue weighted by Gasteiger charge is -2.42. The van der Waals surface area contributed by atoms with Crippen LogP contribution in [0.25, 0.3) is 0 Å². The minimum Gasteiger partial charge on any atom is -0.393 e. The molecule has 90 heavy (non-hydrogen) atoms. The fourth-order valence-electron chi connectivity index (χ4n) is 16.5. The van der Waals surface area contributed by atoms with Gasteiger partial charge in [0.25, 0.3) is 0 Å². The van der Waals surface area contributed by atoms with E-state index in [0.717, 1.165) is 166 Å². The summed E-state index contributed by atoms with van der Waals surface area (Å²) in [6, 6.07) is 0.204. The molecule has 3 aliphatic carbocycles. The highest BCUT2D eigenvalue weighted by atomic mass is 16.3. The number of hydrogen-bond acceptors (Lipinski definition) is 6. The van der Waals surface area contributed by atoms with Crippen molar-refractivity contribution in [3.63, 3.8) is 0 Å². The summed E-state index contributed by atoms with van der Waals surface area (Å²) in [6.07, 6.45) is 71.9. The van der Waals surface area contributed by atoms with Crippen LogP contribution in [0.15, 0.2) is 0 Å². The normalized spacial score (nSPS) is 21.9. The van der Waals surface area contributed by atoms with Crippen molar-refractivity contribution >= 4 is 23.5 Å². The van der Waals surface area contributed by atoms with Gasteiger partial charge in [-0.15, -0.1) is 0 Å². The summed E-state index contributed by atoms with van der Waals surface area (Å²) in [4.78, 5) is 53.8. The number of aliphatic hydroxyl groups excluding tert-OH is 2. The Kier molecular flexibility index (Phi) is 52.3. The van der Waals surface area contributed by atoms with Gasteiger partial charge in [0.1, 0.15) is 5.78 Å². The smallest absolute Gasteiger partial charge is 0.220 e. The SMILES string of the molecule is CCCCCCCCC1CC(CCCCC(=O)C[C@@H]2CCCC[C@@H]2NC(=O)CCCCCCCCCCC(O)CCCCCC)C(CCCCC(=O)N[C@H]2CCCC[C@H]2NC(=O)CCCCCCCCCCC(O)CCCCCC)CC1CCCCCCCC. The minimum absolute atomic E-state index is 0.0293. The van der Waals surface area contributed by atoms with Gasteiger partial charge in [-0.25, -0.2) is 0 Å². The van der Waals surface area contributed by atoms with E-state index in [4.69, 9.17) is 0 Å². The maximum Gasteiger partial charge on any atom is 0.220 e. The summed E-state index contributed by atoms with van der Waals surface area (Å²) >= 11 is 0. The molecule has 5 N–H and O–H groups in total. The van der Waals surface area contributed by atoms with E-state index in [1.807, 2.05) is 0 Å². The van der Waals surface area contributed by atoms with Crippen molar-refractivity contribution in [2.75, 3.05) is 0 Å². The molecule has 3 aliphatic rings. The van der Waals surface area contributed by atoms with E-state index in [0.29, 0.717) is 49.7 Å². The summed E-state index contributed by atoms with van der Waals surface area (Å²) in [7, 11) is 0. The van der Waals surface area contributed by atoms with Gasteiger partial charge in [0, 0.05) is 50.2 Å². The molecule has 3 saturated carbocycles. The molecule has 0 radical (unpaired) electrons. The van der Waals surface area contributed by atoms with Gasteiger partial charge < -0.3 is 26.2 Å². The van der Waals surface area contributed by atoms with Crippen LogP contribution >= 0.6 is 0 Å². The molecule has 3 amide bonds. The van der Waals surface area contributed by atoms with E-state index in [9.17, 15) is 29.4 Å². The monoisotopic (exact) mass is 1260 g/mol. The number of rotatable bonds is 61. The molecule has 0 spiro atoms. The molecule has 0 aromatic rings. The Labute approximate surface area is 558 Å². The number of aliphatic hydroxyl groups is 2. The van der Waals surface area contributed by atoms with E-state index < -0.39 is 0 Å². The first-order valence-corrected chi connectivity index (χ1v) is 40.8. The van der Waals surface area contributed by atoms with Crippen molar-refractivity contribution < 1.29 is 29.4 Å². The Bertz CT molecular complexity index is 1570. The summed E-state index contributed by atoms with van der Waals surface area (Å²) in [5.41, 5.74) is 0. The zero-order chi connectivity index (χ0) is 64.8. The van der Waals surface area contributed by atoms with Gasteiger partial charge in [0.05, 0.1) is 12.2 Å². The van der Waals surface area contributed by atoms with Gasteiger partial charge in [-0.1, -0.05) is 310 Å². The molecule has 0 aromatic heterocycles. The molecule has 0 bridgehead atoms. The fourth-order valence-corrected chi connectivity index (χ4v) is 16.5. The molecular weight excluding hydrogens is 1110 g/mol. The van der Waals surface area contributed by atoms with Crippen LogP contribution in [0.3, 0.4) is 0 Å². The van der Waals surface area contributed by atoms with Crippen LogP contribution in [0.1, 0.15) is 432 Å². The van der Waals surface area contributed by atoms with Crippen molar-refractivity contribution in [3.8, 4) is 0 Å². The maximum atomic E-state index is 13.8. The summed E-state index contributed by atoms with van der Waals surface area (Å²) in [6.45, 7) is 9.10. The number of hydrogen-bond donors (Lipinski definition) is 5. The molecule has 0 aliphatic heterocycles. The second-order valence-corrected chi connectivity index (χ2v) is 30.5. The first-order valence-electron chi connectivity index (χ1n) is 40.8. The van der Waals surface area contributed by atoms with E-state index >= 15 is 0 Å². The predicted octanol–water partition coefficient (Wildman–Crippen LogP) is 22.5. The lowest BCUT2D eigenvalue weighted by atomic mass is 9.63. The molecule has 0 saturated heterocycles. The Morgan fingerprint density at radius 1 is 0.300 bits per heavy atom. The Morgan fingerprint density at radius 3 is 0.922 bits per heavy atom. The van der Waals surface area contributed by atoms with E-state index in [1.165, 1.54) is 218 Å². The van der Waals surface area contributed by atoms with Crippen molar-refractivity contribution in [1.29, 1.82) is 0 Å². The Balaban J connectivity index is 1.44. The molecule has 3 rings (SSSR count). The van der Waals surface area contributed by atoms with Crippen LogP contribution < -0.4 is 16.0 Å². The highest BCUT2D eigenvalue weighted by molar-refractivity contribution is 5.79. The summed E-state index contributed by atoms with van der Waals surface area (Å²) in [5, 5.41) is 30.7. The van der Waals surface area contributed by atoms with E-state index in [2.05, 4.69) is 43.6 Å². The molecule has 0 heterocycles. The molecular formula is C81H153N3O6. The zero-order valence-electron chi connectivity index (χ0n) is 60.3. The number of unbranched alkanes of at least 4 members (excludes halogenated alkanes) is 32. The molecule has 0 aromatic carbocycles. The lowest BCUT2D eigenvalue weighted by Crippen LogP contribution is -2.53. The molecule has 9 heteroatoms. The molecule has 528 valence electrons. The number of nitrogens with one attached hydrogen (secondary N) is 3. The zero-order valence-corrected chi connectivity index (χ0v) is 60.3. The van der Waals surface area contributed by atoms with Crippen LogP contribution in [0.2, 0.25) is 0 Å². The maximum absolute atomic E-state index is 13.8. The molecule has 3 fully saturated rings. The third-order valence-corrected chi connectivity index (χ3v) is 22.3. The molecule has 10 atom stereocenters. The van der Waals surface area contributed by atoms with Gasteiger partial charge in [-0.2, -0.15) is 0 Å². The highest BCUT2D eigenvalue weighted by Gasteiger charge is 2.36. The summed E-state index contributed by atoms with van der Waals surface area (Å²) < 4.78 is 0. The number of Topliss-reactive ketones (excluding diaryl/α,β-unsaturated/α-hetero) is 1. The second-order valence-electron chi connectivity index (χ2n) is 30.5. The summed E-state index contributed by atoms with van der Waals surface area (Å²) in [5.74, 6) is 4.21. The van der Waals surface area contributed by atoms with Crippen LogP contribution in [-0.4, -0.2) is 64.1 Å².